The highest BCUT2D eigenvalue weighted by molar-refractivity contribution is 6.33. The molecular weight excluding hydrogens is 200 g/mol. The van der Waals surface area contributed by atoms with E-state index in [1.54, 1.807) is 6.07 Å². The molecule has 0 aliphatic rings. The summed E-state index contributed by atoms with van der Waals surface area (Å²) in [5.74, 6) is -0.254. The van der Waals surface area contributed by atoms with E-state index in [1.807, 2.05) is 0 Å². The van der Waals surface area contributed by atoms with Gasteiger partial charge in [-0.2, -0.15) is 5.26 Å². The summed E-state index contributed by atoms with van der Waals surface area (Å²) in [6.45, 7) is 0. The Balaban J connectivity index is 3.32. The summed E-state index contributed by atoms with van der Waals surface area (Å²) in [6.07, 6.45) is -2.76. The zero-order chi connectivity index (χ0) is 10.0. The maximum Gasteiger partial charge on any atom is 0.280 e. The van der Waals surface area contributed by atoms with Crippen molar-refractivity contribution in [3.8, 4) is 6.07 Å². The molecule has 1 aromatic rings. The topological polar surface area (TPSA) is 62.7 Å². The molecule has 0 fully saturated rings. The molecule has 3 nitrogen and oxygen atoms in total. The van der Waals surface area contributed by atoms with E-state index in [9.17, 15) is 8.78 Å². The molecule has 6 heteroatoms. The van der Waals surface area contributed by atoms with Crippen LogP contribution in [0.2, 0.25) is 5.02 Å². The van der Waals surface area contributed by atoms with E-state index in [0.717, 1.165) is 6.07 Å². The first-order valence-electron chi connectivity index (χ1n) is 3.20. The van der Waals surface area contributed by atoms with Crippen LogP contribution in [0.4, 0.5) is 14.6 Å². The minimum absolute atomic E-state index is 0.0908. The molecule has 0 aliphatic carbocycles. The summed E-state index contributed by atoms with van der Waals surface area (Å²) in [4.78, 5) is 3.33. The number of hydrogen-bond acceptors (Lipinski definition) is 3. The second-order valence-electron chi connectivity index (χ2n) is 2.21. The van der Waals surface area contributed by atoms with Crippen molar-refractivity contribution in [2.45, 2.75) is 6.43 Å². The molecule has 0 aliphatic heterocycles. The van der Waals surface area contributed by atoms with Gasteiger partial charge < -0.3 is 5.73 Å². The van der Waals surface area contributed by atoms with Crippen LogP contribution < -0.4 is 5.73 Å². The summed E-state index contributed by atoms with van der Waals surface area (Å²) in [6, 6.07) is 2.57. The number of aromatic nitrogens is 1. The van der Waals surface area contributed by atoms with E-state index in [1.165, 1.54) is 0 Å². The lowest BCUT2D eigenvalue weighted by atomic mass is 10.2. The van der Waals surface area contributed by atoms with E-state index >= 15 is 0 Å². The fourth-order valence-electron chi connectivity index (χ4n) is 0.763. The minimum Gasteiger partial charge on any atom is -0.382 e. The SMILES string of the molecule is N#Cc1cc(C(F)F)nc(N)c1Cl. The van der Waals surface area contributed by atoms with Crippen LogP contribution in [-0.2, 0) is 0 Å². The number of nitrogen functional groups attached to an aromatic ring is 1. The molecule has 0 spiro atoms. The first kappa shape index (κ1) is 9.68. The lowest BCUT2D eigenvalue weighted by Gasteiger charge is -2.03. The van der Waals surface area contributed by atoms with Crippen LogP contribution in [-0.4, -0.2) is 4.98 Å². The third-order valence-electron chi connectivity index (χ3n) is 1.35. The fraction of sp³-hybridized carbons (Fsp3) is 0.143. The molecule has 0 bridgehead atoms. The van der Waals surface area contributed by atoms with Crippen LogP contribution in [0.15, 0.2) is 6.07 Å². The van der Waals surface area contributed by atoms with Gasteiger partial charge in [0.15, 0.2) is 0 Å². The van der Waals surface area contributed by atoms with Gasteiger partial charge in [-0.1, -0.05) is 11.6 Å². The van der Waals surface area contributed by atoms with E-state index in [-0.39, 0.29) is 16.4 Å². The van der Waals surface area contributed by atoms with E-state index in [2.05, 4.69) is 4.98 Å². The van der Waals surface area contributed by atoms with Crippen molar-refractivity contribution >= 4 is 17.4 Å². The van der Waals surface area contributed by atoms with Gasteiger partial charge in [0.05, 0.1) is 5.56 Å². The summed E-state index contributed by atoms with van der Waals surface area (Å²) in [7, 11) is 0. The molecule has 1 heterocycles. The third-order valence-corrected chi connectivity index (χ3v) is 1.74. The number of halogens is 3. The molecule has 0 saturated carbocycles. The minimum atomic E-state index is -2.76. The molecule has 0 atom stereocenters. The van der Waals surface area contributed by atoms with Gasteiger partial charge >= 0.3 is 0 Å². The van der Waals surface area contributed by atoms with Gasteiger partial charge in [0.1, 0.15) is 22.6 Å². The highest BCUT2D eigenvalue weighted by Gasteiger charge is 2.14. The summed E-state index contributed by atoms with van der Waals surface area (Å²) < 4.78 is 24.2. The molecule has 68 valence electrons. The monoisotopic (exact) mass is 203 g/mol. The van der Waals surface area contributed by atoms with Gasteiger partial charge in [0.2, 0.25) is 0 Å². The third kappa shape index (κ3) is 1.84. The number of pyridine rings is 1. The largest absolute Gasteiger partial charge is 0.382 e. The second-order valence-corrected chi connectivity index (χ2v) is 2.58. The summed E-state index contributed by atoms with van der Waals surface area (Å²) >= 11 is 5.52. The maximum absolute atomic E-state index is 12.1. The quantitative estimate of drug-likeness (QED) is 0.761. The average molecular weight is 204 g/mol. The van der Waals surface area contributed by atoms with Crippen molar-refractivity contribution in [1.29, 1.82) is 5.26 Å². The summed E-state index contributed by atoms with van der Waals surface area (Å²) in [5.41, 5.74) is 4.57. The number of nitrogens with zero attached hydrogens (tertiary/aromatic N) is 2. The van der Waals surface area contributed by atoms with Crippen molar-refractivity contribution in [1.82, 2.24) is 4.98 Å². The molecule has 2 N–H and O–H groups in total. The van der Waals surface area contributed by atoms with Crippen LogP contribution in [0.1, 0.15) is 17.7 Å². The van der Waals surface area contributed by atoms with E-state index in [0.29, 0.717) is 0 Å². The molecule has 13 heavy (non-hydrogen) atoms. The van der Waals surface area contributed by atoms with Gasteiger partial charge in [0, 0.05) is 0 Å². The molecule has 1 rings (SSSR count). The Kier molecular flexibility index (Phi) is 2.63. The number of alkyl halides is 2. The van der Waals surface area contributed by atoms with Crippen molar-refractivity contribution in [2.75, 3.05) is 5.73 Å². The number of rotatable bonds is 1. The fourth-order valence-corrected chi connectivity index (χ4v) is 0.902. The number of nitriles is 1. The average Bonchev–Trinajstić information content (AvgIpc) is 2.09. The van der Waals surface area contributed by atoms with Crippen molar-refractivity contribution in [3.05, 3.63) is 22.3 Å². The predicted octanol–water partition coefficient (Wildman–Crippen LogP) is 2.13. The highest BCUT2D eigenvalue weighted by Crippen LogP contribution is 2.26. The first-order chi connectivity index (χ1) is 6.06. The van der Waals surface area contributed by atoms with Gasteiger partial charge in [0.25, 0.3) is 6.43 Å². The first-order valence-corrected chi connectivity index (χ1v) is 3.58. The van der Waals surface area contributed by atoms with E-state index in [4.69, 9.17) is 22.6 Å². The Bertz CT molecular complexity index is 373. The molecule has 0 saturated heterocycles. The summed E-state index contributed by atoms with van der Waals surface area (Å²) in [5, 5.41) is 8.40. The Hall–Kier alpha value is -1.41. The normalized spacial score (nSPS) is 10.1. The number of nitrogens with two attached hydrogens (primary N) is 1. The zero-order valence-corrected chi connectivity index (χ0v) is 7.02. The molecule has 0 aromatic carbocycles. The van der Waals surface area contributed by atoms with Crippen LogP contribution in [0.25, 0.3) is 0 Å². The Morgan fingerprint density at radius 1 is 1.62 bits per heavy atom. The second kappa shape index (κ2) is 3.54. The lowest BCUT2D eigenvalue weighted by molar-refractivity contribution is 0.146. The molecule has 0 amide bonds. The Morgan fingerprint density at radius 2 is 2.23 bits per heavy atom. The Morgan fingerprint density at radius 3 is 2.69 bits per heavy atom. The Labute approximate surface area is 77.7 Å². The predicted molar refractivity (Wildman–Crippen MR) is 43.3 cm³/mol. The lowest BCUT2D eigenvalue weighted by Crippen LogP contribution is -1.99. The van der Waals surface area contributed by atoms with E-state index < -0.39 is 12.1 Å². The van der Waals surface area contributed by atoms with Crippen molar-refractivity contribution < 1.29 is 8.78 Å². The van der Waals surface area contributed by atoms with Gasteiger partial charge in [-0.3, -0.25) is 0 Å². The highest BCUT2D eigenvalue weighted by atomic mass is 35.5. The number of hydrogen-bond donors (Lipinski definition) is 1. The molecule has 1 aromatic heterocycles. The van der Waals surface area contributed by atoms with Gasteiger partial charge in [-0.15, -0.1) is 0 Å². The molecular formula is C7H4ClF2N3. The molecule has 0 unspecified atom stereocenters. The van der Waals surface area contributed by atoms with Gasteiger partial charge in [-0.05, 0) is 6.07 Å². The van der Waals surface area contributed by atoms with Crippen LogP contribution in [0.3, 0.4) is 0 Å². The van der Waals surface area contributed by atoms with Crippen molar-refractivity contribution in [2.24, 2.45) is 0 Å². The van der Waals surface area contributed by atoms with Crippen molar-refractivity contribution in [3.63, 3.8) is 0 Å². The maximum atomic E-state index is 12.1. The standard InChI is InChI=1S/C7H4ClF2N3/c8-5-3(2-11)1-4(6(9)10)13-7(5)12/h1,6H,(H2,12,13). The smallest absolute Gasteiger partial charge is 0.280 e. The van der Waals surface area contributed by atoms with Crippen LogP contribution >= 0.6 is 11.6 Å². The van der Waals surface area contributed by atoms with Crippen LogP contribution in [0, 0.1) is 11.3 Å². The van der Waals surface area contributed by atoms with Gasteiger partial charge in [-0.25, -0.2) is 13.8 Å². The number of anilines is 1. The van der Waals surface area contributed by atoms with Crippen LogP contribution in [0.5, 0.6) is 0 Å². The molecule has 0 radical (unpaired) electrons. The zero-order valence-electron chi connectivity index (χ0n) is 6.26.